The predicted molar refractivity (Wildman–Crippen MR) is 49.2 cm³/mol. The third-order valence-electron chi connectivity index (χ3n) is 2.81. The SMILES string of the molecule is CC1(C)CC1c1ccc(O)cc1. The van der Waals surface area contributed by atoms with Crippen LogP contribution in [-0.2, 0) is 0 Å². The molecule has 0 amide bonds. The number of hydrogen-bond acceptors (Lipinski definition) is 1. The maximum atomic E-state index is 9.09. The van der Waals surface area contributed by atoms with Gasteiger partial charge >= 0.3 is 0 Å². The molecule has 1 unspecified atom stereocenters. The molecule has 0 aromatic heterocycles. The molecule has 0 bridgehead atoms. The molecule has 1 aromatic carbocycles. The molecule has 64 valence electrons. The van der Waals surface area contributed by atoms with Crippen molar-refractivity contribution in [1.82, 2.24) is 0 Å². The van der Waals surface area contributed by atoms with Gasteiger partial charge in [0.2, 0.25) is 0 Å². The first-order valence-corrected chi connectivity index (χ1v) is 4.38. The van der Waals surface area contributed by atoms with Crippen molar-refractivity contribution in [2.45, 2.75) is 26.2 Å². The summed E-state index contributed by atoms with van der Waals surface area (Å²) < 4.78 is 0. The van der Waals surface area contributed by atoms with Crippen molar-refractivity contribution in [3.05, 3.63) is 29.8 Å². The van der Waals surface area contributed by atoms with Crippen molar-refractivity contribution in [3.8, 4) is 5.75 Å². The van der Waals surface area contributed by atoms with Gasteiger partial charge in [-0.15, -0.1) is 0 Å². The van der Waals surface area contributed by atoms with Crippen molar-refractivity contribution in [2.75, 3.05) is 0 Å². The van der Waals surface area contributed by atoms with Crippen LogP contribution >= 0.6 is 0 Å². The standard InChI is InChI=1S/C11H14O/c1-11(2)7-10(11)8-3-5-9(12)6-4-8/h3-6,10,12H,7H2,1-2H3. The predicted octanol–water partition coefficient (Wildman–Crippen LogP) is 2.91. The first kappa shape index (κ1) is 7.66. The molecule has 0 heterocycles. The van der Waals surface area contributed by atoms with E-state index in [1.54, 1.807) is 12.1 Å². The molecule has 1 heteroatoms. The van der Waals surface area contributed by atoms with Crippen molar-refractivity contribution in [1.29, 1.82) is 0 Å². The fraction of sp³-hybridized carbons (Fsp3) is 0.455. The van der Waals surface area contributed by atoms with Gasteiger partial charge in [-0.1, -0.05) is 26.0 Å². The molecule has 1 saturated carbocycles. The largest absolute Gasteiger partial charge is 0.508 e. The Morgan fingerprint density at radius 1 is 1.25 bits per heavy atom. The number of hydrogen-bond donors (Lipinski definition) is 1. The second-order valence-electron chi connectivity index (χ2n) is 4.34. The first-order chi connectivity index (χ1) is 5.59. The third kappa shape index (κ3) is 1.20. The van der Waals surface area contributed by atoms with Crippen LogP contribution in [0.3, 0.4) is 0 Å². The topological polar surface area (TPSA) is 20.2 Å². The Morgan fingerprint density at radius 2 is 1.75 bits per heavy atom. The minimum absolute atomic E-state index is 0.359. The van der Waals surface area contributed by atoms with Gasteiger partial charge < -0.3 is 5.11 Å². The summed E-state index contributed by atoms with van der Waals surface area (Å²) in [4.78, 5) is 0. The van der Waals surface area contributed by atoms with Gasteiger partial charge in [0.05, 0.1) is 0 Å². The van der Waals surface area contributed by atoms with E-state index in [1.807, 2.05) is 12.1 Å². The number of rotatable bonds is 1. The van der Waals surface area contributed by atoms with Gasteiger partial charge in [0.1, 0.15) is 5.75 Å². The highest BCUT2D eigenvalue weighted by atomic mass is 16.3. The van der Waals surface area contributed by atoms with E-state index in [1.165, 1.54) is 12.0 Å². The van der Waals surface area contributed by atoms with E-state index in [0.29, 0.717) is 17.1 Å². The number of benzene rings is 1. The van der Waals surface area contributed by atoms with E-state index in [0.717, 1.165) is 0 Å². The van der Waals surface area contributed by atoms with Crippen LogP contribution < -0.4 is 0 Å². The molecule has 2 rings (SSSR count). The maximum absolute atomic E-state index is 9.09. The second kappa shape index (κ2) is 2.25. The summed E-state index contributed by atoms with van der Waals surface area (Å²) in [6, 6.07) is 7.58. The van der Waals surface area contributed by atoms with Crippen LogP contribution in [-0.4, -0.2) is 5.11 Å². The van der Waals surface area contributed by atoms with Gasteiger partial charge in [-0.2, -0.15) is 0 Å². The Bertz CT molecular complexity index is 284. The summed E-state index contributed by atoms with van der Waals surface area (Å²) in [5.74, 6) is 1.07. The summed E-state index contributed by atoms with van der Waals surface area (Å²) >= 11 is 0. The fourth-order valence-electron chi connectivity index (χ4n) is 1.74. The van der Waals surface area contributed by atoms with Crippen LogP contribution in [0, 0.1) is 5.41 Å². The lowest BCUT2D eigenvalue weighted by atomic mass is 10.0. The van der Waals surface area contributed by atoms with Crippen LogP contribution in [0.5, 0.6) is 5.75 Å². The van der Waals surface area contributed by atoms with Gasteiger partial charge in [0, 0.05) is 0 Å². The van der Waals surface area contributed by atoms with Crippen molar-refractivity contribution < 1.29 is 5.11 Å². The lowest BCUT2D eigenvalue weighted by Crippen LogP contribution is -1.88. The molecule has 1 N–H and O–H groups in total. The molecule has 1 aromatic rings. The Kier molecular flexibility index (Phi) is 1.44. The number of phenolic OH excluding ortho intramolecular Hbond substituents is 1. The zero-order valence-electron chi connectivity index (χ0n) is 7.54. The molecule has 1 aliphatic carbocycles. The average Bonchev–Trinajstić information content (AvgIpc) is 2.61. The molecule has 1 fully saturated rings. The molecule has 1 nitrogen and oxygen atoms in total. The Labute approximate surface area is 73.0 Å². The lowest BCUT2D eigenvalue weighted by Gasteiger charge is -2.02. The van der Waals surface area contributed by atoms with E-state index in [-0.39, 0.29) is 0 Å². The molecule has 0 aliphatic heterocycles. The molecule has 1 atom stereocenters. The highest BCUT2D eigenvalue weighted by Gasteiger charge is 2.46. The monoisotopic (exact) mass is 162 g/mol. The summed E-state index contributed by atoms with van der Waals surface area (Å²) in [5.41, 5.74) is 1.84. The molecule has 12 heavy (non-hydrogen) atoms. The smallest absolute Gasteiger partial charge is 0.115 e. The van der Waals surface area contributed by atoms with E-state index >= 15 is 0 Å². The lowest BCUT2D eigenvalue weighted by molar-refractivity contribution is 0.475. The molecule has 0 radical (unpaired) electrons. The summed E-state index contributed by atoms with van der Waals surface area (Å²) in [7, 11) is 0. The number of aromatic hydroxyl groups is 1. The Hall–Kier alpha value is -0.980. The summed E-state index contributed by atoms with van der Waals surface area (Å²) in [6.07, 6.45) is 1.28. The van der Waals surface area contributed by atoms with Crippen molar-refractivity contribution >= 4 is 0 Å². The summed E-state index contributed by atoms with van der Waals surface area (Å²) in [5, 5.41) is 9.09. The van der Waals surface area contributed by atoms with E-state index in [2.05, 4.69) is 13.8 Å². The normalized spacial score (nSPS) is 25.3. The highest BCUT2D eigenvalue weighted by molar-refractivity contribution is 5.33. The number of phenols is 1. The van der Waals surface area contributed by atoms with E-state index in [4.69, 9.17) is 5.11 Å². The zero-order valence-corrected chi connectivity index (χ0v) is 7.54. The second-order valence-corrected chi connectivity index (χ2v) is 4.34. The van der Waals surface area contributed by atoms with Gasteiger partial charge in [0.25, 0.3) is 0 Å². The molecule has 1 aliphatic rings. The average molecular weight is 162 g/mol. The highest BCUT2D eigenvalue weighted by Crippen LogP contribution is 2.58. The van der Waals surface area contributed by atoms with Gasteiger partial charge in [-0.25, -0.2) is 0 Å². The van der Waals surface area contributed by atoms with Crippen LogP contribution in [0.15, 0.2) is 24.3 Å². The molecular weight excluding hydrogens is 148 g/mol. The molecular formula is C11H14O. The first-order valence-electron chi connectivity index (χ1n) is 4.38. The van der Waals surface area contributed by atoms with Crippen LogP contribution in [0.2, 0.25) is 0 Å². The maximum Gasteiger partial charge on any atom is 0.115 e. The van der Waals surface area contributed by atoms with Gasteiger partial charge in [-0.3, -0.25) is 0 Å². The quantitative estimate of drug-likeness (QED) is 0.673. The van der Waals surface area contributed by atoms with E-state index in [9.17, 15) is 0 Å². The Balaban J connectivity index is 2.21. The fourth-order valence-corrected chi connectivity index (χ4v) is 1.74. The van der Waals surface area contributed by atoms with Crippen molar-refractivity contribution in [2.24, 2.45) is 5.41 Å². The minimum Gasteiger partial charge on any atom is -0.508 e. The van der Waals surface area contributed by atoms with Crippen LogP contribution in [0.4, 0.5) is 0 Å². The van der Waals surface area contributed by atoms with Gasteiger partial charge in [0.15, 0.2) is 0 Å². The van der Waals surface area contributed by atoms with Crippen LogP contribution in [0.1, 0.15) is 31.7 Å². The third-order valence-corrected chi connectivity index (χ3v) is 2.81. The molecule has 0 saturated heterocycles. The van der Waals surface area contributed by atoms with E-state index < -0.39 is 0 Å². The van der Waals surface area contributed by atoms with Crippen molar-refractivity contribution in [3.63, 3.8) is 0 Å². The Morgan fingerprint density at radius 3 is 2.17 bits per heavy atom. The summed E-state index contributed by atoms with van der Waals surface area (Å²) in [6.45, 7) is 4.56. The van der Waals surface area contributed by atoms with Gasteiger partial charge in [-0.05, 0) is 35.4 Å². The van der Waals surface area contributed by atoms with Crippen LogP contribution in [0.25, 0.3) is 0 Å². The zero-order chi connectivity index (χ0) is 8.77. The minimum atomic E-state index is 0.359. The molecule has 0 spiro atoms.